The third-order valence-electron chi connectivity index (χ3n) is 4.93. The number of fused-ring (bicyclic) bond motifs is 3. The van der Waals surface area contributed by atoms with Crippen molar-refractivity contribution in [3.05, 3.63) is 70.9 Å². The number of imidazole rings is 1. The van der Waals surface area contributed by atoms with Crippen LogP contribution in [0.15, 0.2) is 55.1 Å². The van der Waals surface area contributed by atoms with Gasteiger partial charge in [-0.1, -0.05) is 29.3 Å². The van der Waals surface area contributed by atoms with Gasteiger partial charge in [0.05, 0.1) is 27.5 Å². The number of hydrogen-bond acceptors (Lipinski definition) is 3. The van der Waals surface area contributed by atoms with Crippen molar-refractivity contribution in [2.45, 2.75) is 6.92 Å². The van der Waals surface area contributed by atoms with Crippen molar-refractivity contribution in [2.75, 3.05) is 0 Å². The monoisotopic (exact) mass is 407 g/mol. The minimum Gasteiger partial charge on any atom is -0.303 e. The molecular weight excluding hydrogens is 393 g/mol. The molecule has 0 spiro atoms. The van der Waals surface area contributed by atoms with E-state index in [1.165, 1.54) is 0 Å². The number of hydrogen-bond donors (Lipinski definition) is 0. The summed E-state index contributed by atoms with van der Waals surface area (Å²) in [6.45, 7) is 2.01. The fourth-order valence-electron chi connectivity index (χ4n) is 3.51. The Morgan fingerprint density at radius 3 is 2.50 bits per heavy atom. The first kappa shape index (κ1) is 17.2. The first-order valence-electron chi connectivity index (χ1n) is 8.74. The summed E-state index contributed by atoms with van der Waals surface area (Å²) in [5.41, 5.74) is 6.19. The highest BCUT2D eigenvalue weighted by molar-refractivity contribution is 6.39. The lowest BCUT2D eigenvalue weighted by molar-refractivity contribution is 0.768. The van der Waals surface area contributed by atoms with Crippen molar-refractivity contribution >= 4 is 39.8 Å². The summed E-state index contributed by atoms with van der Waals surface area (Å²) in [6, 6.07) is 9.57. The number of rotatable bonds is 2. The van der Waals surface area contributed by atoms with Gasteiger partial charge in [-0.2, -0.15) is 5.10 Å². The average molecular weight is 408 g/mol. The second kappa shape index (κ2) is 6.33. The molecular formula is C21H15Cl2N5. The van der Waals surface area contributed by atoms with Crippen molar-refractivity contribution < 1.29 is 0 Å². The zero-order valence-corrected chi connectivity index (χ0v) is 16.7. The first-order chi connectivity index (χ1) is 13.5. The number of benzene rings is 1. The zero-order chi connectivity index (χ0) is 19.4. The molecule has 138 valence electrons. The van der Waals surface area contributed by atoms with Crippen LogP contribution in [0, 0.1) is 6.92 Å². The van der Waals surface area contributed by atoms with Crippen LogP contribution in [0.3, 0.4) is 0 Å². The summed E-state index contributed by atoms with van der Waals surface area (Å²) >= 11 is 12.9. The van der Waals surface area contributed by atoms with Crippen LogP contribution in [-0.4, -0.2) is 24.1 Å². The molecule has 0 aliphatic heterocycles. The number of nitrogens with zero attached hydrogens (tertiary/aromatic N) is 5. The number of pyridine rings is 2. The molecule has 0 aliphatic carbocycles. The fraction of sp³-hybridized carbons (Fsp3) is 0.0952. The van der Waals surface area contributed by atoms with Crippen LogP contribution in [-0.2, 0) is 7.05 Å². The van der Waals surface area contributed by atoms with Gasteiger partial charge in [-0.25, -0.2) is 4.98 Å². The van der Waals surface area contributed by atoms with Gasteiger partial charge in [0.15, 0.2) is 0 Å². The zero-order valence-electron chi connectivity index (χ0n) is 15.2. The largest absolute Gasteiger partial charge is 0.303 e. The predicted octanol–water partition coefficient (Wildman–Crippen LogP) is 5.57. The van der Waals surface area contributed by atoms with Crippen molar-refractivity contribution in [3.63, 3.8) is 0 Å². The molecule has 0 saturated heterocycles. The number of aromatic nitrogens is 5. The van der Waals surface area contributed by atoms with E-state index in [0.29, 0.717) is 10.0 Å². The van der Waals surface area contributed by atoms with Crippen LogP contribution in [0.5, 0.6) is 0 Å². The van der Waals surface area contributed by atoms with Gasteiger partial charge < -0.3 is 4.40 Å². The molecule has 4 heterocycles. The Kier molecular flexibility index (Phi) is 3.89. The molecule has 7 heteroatoms. The molecule has 4 aromatic heterocycles. The minimum absolute atomic E-state index is 0.581. The van der Waals surface area contributed by atoms with Crippen molar-refractivity contribution in [2.24, 2.45) is 7.05 Å². The first-order valence-corrected chi connectivity index (χ1v) is 9.49. The summed E-state index contributed by atoms with van der Waals surface area (Å²) < 4.78 is 3.82. The topological polar surface area (TPSA) is 48.0 Å². The van der Waals surface area contributed by atoms with E-state index in [0.717, 1.165) is 44.6 Å². The fourth-order valence-corrected chi connectivity index (χ4v) is 4.08. The van der Waals surface area contributed by atoms with Crippen LogP contribution < -0.4 is 0 Å². The molecule has 0 unspecified atom stereocenters. The van der Waals surface area contributed by atoms with E-state index in [2.05, 4.69) is 16.1 Å². The molecule has 0 atom stereocenters. The number of aryl methyl sites for hydroxylation is 2. The maximum Gasteiger partial charge on any atom is 0.147 e. The lowest BCUT2D eigenvalue weighted by Gasteiger charge is -2.05. The third-order valence-corrected chi connectivity index (χ3v) is 5.56. The van der Waals surface area contributed by atoms with Gasteiger partial charge in [0, 0.05) is 53.4 Å². The second-order valence-electron chi connectivity index (χ2n) is 6.71. The van der Waals surface area contributed by atoms with Gasteiger partial charge in [0.1, 0.15) is 5.65 Å². The Morgan fingerprint density at radius 1 is 1.00 bits per heavy atom. The highest BCUT2D eigenvalue weighted by Gasteiger charge is 2.18. The van der Waals surface area contributed by atoms with Crippen LogP contribution in [0.4, 0.5) is 0 Å². The minimum atomic E-state index is 0.581. The molecule has 0 fully saturated rings. The Bertz CT molecular complexity index is 1350. The molecule has 5 nitrogen and oxygen atoms in total. The molecule has 0 aliphatic rings. The third kappa shape index (κ3) is 2.58. The van der Waals surface area contributed by atoms with Gasteiger partial charge >= 0.3 is 0 Å². The summed E-state index contributed by atoms with van der Waals surface area (Å²) in [4.78, 5) is 9.53. The molecule has 0 amide bonds. The Morgan fingerprint density at radius 2 is 1.79 bits per heavy atom. The van der Waals surface area contributed by atoms with E-state index in [9.17, 15) is 0 Å². The maximum atomic E-state index is 6.43. The highest BCUT2D eigenvalue weighted by Crippen LogP contribution is 2.37. The van der Waals surface area contributed by atoms with Gasteiger partial charge in [0.25, 0.3) is 0 Å². The molecule has 5 rings (SSSR count). The van der Waals surface area contributed by atoms with Crippen LogP contribution >= 0.6 is 23.2 Å². The predicted molar refractivity (Wildman–Crippen MR) is 113 cm³/mol. The number of halogens is 2. The van der Waals surface area contributed by atoms with Crippen LogP contribution in [0.2, 0.25) is 10.0 Å². The summed E-state index contributed by atoms with van der Waals surface area (Å²) in [5, 5.41) is 6.37. The van der Waals surface area contributed by atoms with E-state index in [-0.39, 0.29) is 0 Å². The lowest BCUT2D eigenvalue weighted by Crippen LogP contribution is -1.91. The SMILES string of the molecule is Cc1c(-c2c(Cl)cccc2Cl)nc2c3cc(-c4cnn(C)c4)cnc3ccn12. The summed E-state index contributed by atoms with van der Waals surface area (Å²) in [5.74, 6) is 0. The van der Waals surface area contributed by atoms with E-state index in [1.54, 1.807) is 4.68 Å². The molecule has 0 N–H and O–H groups in total. The maximum absolute atomic E-state index is 6.43. The van der Waals surface area contributed by atoms with E-state index >= 15 is 0 Å². The smallest absolute Gasteiger partial charge is 0.147 e. The molecule has 0 radical (unpaired) electrons. The van der Waals surface area contributed by atoms with Crippen LogP contribution in [0.25, 0.3) is 38.9 Å². The van der Waals surface area contributed by atoms with Gasteiger partial charge in [-0.3, -0.25) is 9.67 Å². The Labute approximate surface area is 171 Å². The lowest BCUT2D eigenvalue weighted by atomic mass is 10.1. The highest BCUT2D eigenvalue weighted by atomic mass is 35.5. The summed E-state index contributed by atoms with van der Waals surface area (Å²) in [7, 11) is 1.90. The Hall–Kier alpha value is -2.89. The molecule has 28 heavy (non-hydrogen) atoms. The van der Waals surface area contributed by atoms with Gasteiger partial charge in [-0.05, 0) is 31.2 Å². The molecule has 0 bridgehead atoms. The van der Waals surface area contributed by atoms with E-state index in [1.807, 2.05) is 67.4 Å². The molecule has 0 saturated carbocycles. The van der Waals surface area contributed by atoms with Crippen molar-refractivity contribution in [1.29, 1.82) is 0 Å². The van der Waals surface area contributed by atoms with E-state index in [4.69, 9.17) is 28.2 Å². The van der Waals surface area contributed by atoms with E-state index < -0.39 is 0 Å². The summed E-state index contributed by atoms with van der Waals surface area (Å²) in [6.07, 6.45) is 7.63. The van der Waals surface area contributed by atoms with Gasteiger partial charge in [0.2, 0.25) is 0 Å². The average Bonchev–Trinajstić information content (AvgIpc) is 3.25. The quantitative estimate of drug-likeness (QED) is 0.384. The second-order valence-corrected chi connectivity index (χ2v) is 7.53. The van der Waals surface area contributed by atoms with Crippen molar-refractivity contribution in [1.82, 2.24) is 24.1 Å². The normalized spacial score (nSPS) is 11.6. The Balaban J connectivity index is 1.80. The molecule has 5 aromatic rings. The standard InChI is InChI=1S/C21H15Cl2N5/c1-12-20(19-16(22)4-3-5-17(19)23)26-21-15-8-13(14-10-25-27(2)11-14)9-24-18(15)6-7-28(12)21/h3-11H,1-2H3. The van der Waals surface area contributed by atoms with Gasteiger partial charge in [-0.15, -0.1) is 0 Å². The van der Waals surface area contributed by atoms with Crippen molar-refractivity contribution in [3.8, 4) is 22.4 Å². The van der Waals surface area contributed by atoms with Crippen LogP contribution in [0.1, 0.15) is 5.69 Å². The molecule has 1 aromatic carbocycles.